The molecular formula is C21H20FN3O2. The molecule has 1 amide bonds. The number of methoxy groups -OCH3 is 1. The minimum atomic E-state index is -0.368. The van der Waals surface area contributed by atoms with Crippen molar-refractivity contribution in [3.63, 3.8) is 0 Å². The second-order valence-corrected chi connectivity index (χ2v) is 6.56. The van der Waals surface area contributed by atoms with E-state index >= 15 is 0 Å². The molecule has 0 aliphatic carbocycles. The van der Waals surface area contributed by atoms with Gasteiger partial charge in [0, 0.05) is 30.4 Å². The molecule has 1 N–H and O–H groups in total. The van der Waals surface area contributed by atoms with E-state index in [1.54, 1.807) is 19.4 Å². The zero-order chi connectivity index (χ0) is 18.8. The number of likely N-dealkylation sites (tertiary alicyclic amines) is 1. The molecule has 0 spiro atoms. The van der Waals surface area contributed by atoms with Crippen molar-refractivity contribution in [2.75, 3.05) is 25.5 Å². The maximum absolute atomic E-state index is 13.9. The third kappa shape index (κ3) is 3.43. The number of nitrogens with zero attached hydrogens (tertiary/aromatic N) is 2. The Labute approximate surface area is 156 Å². The van der Waals surface area contributed by atoms with Crippen molar-refractivity contribution in [2.45, 2.75) is 12.8 Å². The minimum Gasteiger partial charge on any atom is -0.497 e. The Morgan fingerprint density at radius 1 is 1.15 bits per heavy atom. The Hall–Kier alpha value is -3.15. The SMILES string of the molecule is COc1ccc(Nc2c(C(=O)N3CCCC3)cnc3ccc(F)cc23)cc1. The van der Waals surface area contributed by atoms with Crippen LogP contribution in [-0.2, 0) is 0 Å². The van der Waals surface area contributed by atoms with E-state index < -0.39 is 0 Å². The summed E-state index contributed by atoms with van der Waals surface area (Å²) < 4.78 is 19.1. The molecule has 138 valence electrons. The van der Waals surface area contributed by atoms with E-state index in [4.69, 9.17) is 4.74 Å². The van der Waals surface area contributed by atoms with Gasteiger partial charge in [-0.2, -0.15) is 0 Å². The number of nitrogens with one attached hydrogen (secondary N) is 1. The quantitative estimate of drug-likeness (QED) is 0.746. The smallest absolute Gasteiger partial charge is 0.257 e. The number of carbonyl (C=O) groups is 1. The number of benzene rings is 2. The van der Waals surface area contributed by atoms with Crippen LogP contribution in [0.1, 0.15) is 23.2 Å². The predicted octanol–water partition coefficient (Wildman–Crippen LogP) is 4.36. The number of hydrogen-bond donors (Lipinski definition) is 1. The topological polar surface area (TPSA) is 54.5 Å². The van der Waals surface area contributed by atoms with Crippen LogP contribution in [-0.4, -0.2) is 36.0 Å². The highest BCUT2D eigenvalue weighted by atomic mass is 19.1. The number of ether oxygens (including phenoxy) is 1. The first-order valence-electron chi connectivity index (χ1n) is 8.94. The Bertz CT molecular complexity index is 983. The highest BCUT2D eigenvalue weighted by molar-refractivity contribution is 6.08. The van der Waals surface area contributed by atoms with Crippen LogP contribution in [0.4, 0.5) is 15.8 Å². The van der Waals surface area contributed by atoms with Gasteiger partial charge in [-0.25, -0.2) is 4.39 Å². The lowest BCUT2D eigenvalue weighted by Crippen LogP contribution is -2.28. The lowest BCUT2D eigenvalue weighted by atomic mass is 10.1. The summed E-state index contributed by atoms with van der Waals surface area (Å²) in [5.74, 6) is 0.287. The molecule has 0 atom stereocenters. The van der Waals surface area contributed by atoms with Gasteiger partial charge in [0.25, 0.3) is 5.91 Å². The normalized spacial score (nSPS) is 13.8. The standard InChI is InChI=1S/C21H20FN3O2/c1-27-16-7-5-15(6-8-16)24-20-17-12-14(22)4-9-19(17)23-13-18(20)21(26)25-10-2-3-11-25/h4-9,12-13H,2-3,10-11H2,1H3,(H,23,24). The molecule has 3 aromatic rings. The van der Waals surface area contributed by atoms with Crippen molar-refractivity contribution in [2.24, 2.45) is 0 Å². The first-order chi connectivity index (χ1) is 13.2. The Kier molecular flexibility index (Phi) is 4.62. The number of anilines is 2. The second kappa shape index (κ2) is 7.23. The summed E-state index contributed by atoms with van der Waals surface area (Å²) in [6.45, 7) is 1.48. The molecule has 2 aromatic carbocycles. The van der Waals surface area contributed by atoms with Crippen molar-refractivity contribution >= 4 is 28.2 Å². The van der Waals surface area contributed by atoms with E-state index in [0.29, 0.717) is 22.2 Å². The van der Waals surface area contributed by atoms with Gasteiger partial charge in [0.05, 0.1) is 23.9 Å². The van der Waals surface area contributed by atoms with Gasteiger partial charge in [-0.15, -0.1) is 0 Å². The van der Waals surface area contributed by atoms with E-state index in [0.717, 1.165) is 37.4 Å². The van der Waals surface area contributed by atoms with Crippen LogP contribution >= 0.6 is 0 Å². The third-order valence-corrected chi connectivity index (χ3v) is 4.81. The summed E-state index contributed by atoms with van der Waals surface area (Å²) in [6.07, 6.45) is 3.58. The number of carbonyl (C=O) groups excluding carboxylic acids is 1. The van der Waals surface area contributed by atoms with E-state index in [1.807, 2.05) is 29.2 Å². The maximum atomic E-state index is 13.9. The largest absolute Gasteiger partial charge is 0.497 e. The van der Waals surface area contributed by atoms with E-state index in [2.05, 4.69) is 10.3 Å². The minimum absolute atomic E-state index is 0.0813. The number of pyridine rings is 1. The first-order valence-corrected chi connectivity index (χ1v) is 8.94. The van der Waals surface area contributed by atoms with Crippen molar-refractivity contribution in [3.8, 4) is 5.75 Å². The van der Waals surface area contributed by atoms with Crippen LogP contribution in [0, 0.1) is 5.82 Å². The molecular weight excluding hydrogens is 345 g/mol. The van der Waals surface area contributed by atoms with Gasteiger partial charge in [-0.1, -0.05) is 0 Å². The summed E-state index contributed by atoms with van der Waals surface area (Å²) in [7, 11) is 1.61. The highest BCUT2D eigenvalue weighted by Crippen LogP contribution is 2.31. The lowest BCUT2D eigenvalue weighted by Gasteiger charge is -2.19. The van der Waals surface area contributed by atoms with Gasteiger partial charge in [0.1, 0.15) is 11.6 Å². The zero-order valence-corrected chi connectivity index (χ0v) is 15.0. The summed E-state index contributed by atoms with van der Waals surface area (Å²) >= 11 is 0. The number of halogens is 1. The van der Waals surface area contributed by atoms with E-state index in [1.165, 1.54) is 12.1 Å². The molecule has 1 saturated heterocycles. The average molecular weight is 365 g/mol. The molecule has 2 heterocycles. The Balaban J connectivity index is 1.81. The molecule has 0 saturated carbocycles. The molecule has 0 unspecified atom stereocenters. The molecule has 27 heavy (non-hydrogen) atoms. The van der Waals surface area contributed by atoms with Gasteiger partial charge in [0.2, 0.25) is 0 Å². The van der Waals surface area contributed by atoms with Crippen LogP contribution in [0.25, 0.3) is 10.9 Å². The van der Waals surface area contributed by atoms with Gasteiger partial charge in [-0.3, -0.25) is 9.78 Å². The van der Waals surface area contributed by atoms with Gasteiger partial charge < -0.3 is 15.0 Å². The Morgan fingerprint density at radius 3 is 2.59 bits per heavy atom. The monoisotopic (exact) mass is 365 g/mol. The predicted molar refractivity (Wildman–Crippen MR) is 103 cm³/mol. The zero-order valence-electron chi connectivity index (χ0n) is 15.0. The maximum Gasteiger partial charge on any atom is 0.257 e. The number of fused-ring (bicyclic) bond motifs is 1. The molecule has 5 nitrogen and oxygen atoms in total. The molecule has 1 aliphatic rings. The third-order valence-electron chi connectivity index (χ3n) is 4.81. The van der Waals surface area contributed by atoms with Gasteiger partial charge >= 0.3 is 0 Å². The molecule has 0 radical (unpaired) electrons. The number of aromatic nitrogens is 1. The van der Waals surface area contributed by atoms with Crippen molar-refractivity contribution in [3.05, 3.63) is 60.0 Å². The summed E-state index contributed by atoms with van der Waals surface area (Å²) in [5, 5.41) is 3.87. The van der Waals surface area contributed by atoms with Crippen molar-refractivity contribution in [1.82, 2.24) is 9.88 Å². The summed E-state index contributed by atoms with van der Waals surface area (Å²) in [4.78, 5) is 19.2. The highest BCUT2D eigenvalue weighted by Gasteiger charge is 2.24. The number of rotatable bonds is 4. The fraction of sp³-hybridized carbons (Fsp3) is 0.238. The molecule has 4 rings (SSSR count). The van der Waals surface area contributed by atoms with Crippen molar-refractivity contribution < 1.29 is 13.9 Å². The molecule has 1 aromatic heterocycles. The molecule has 0 bridgehead atoms. The molecule has 1 fully saturated rings. The average Bonchev–Trinajstić information content (AvgIpc) is 3.23. The number of hydrogen-bond acceptors (Lipinski definition) is 4. The van der Waals surface area contributed by atoms with Crippen LogP contribution < -0.4 is 10.1 Å². The van der Waals surface area contributed by atoms with E-state index in [9.17, 15) is 9.18 Å². The van der Waals surface area contributed by atoms with Crippen molar-refractivity contribution in [1.29, 1.82) is 0 Å². The van der Waals surface area contributed by atoms with Crippen LogP contribution in [0.5, 0.6) is 5.75 Å². The van der Waals surface area contributed by atoms with E-state index in [-0.39, 0.29) is 11.7 Å². The first kappa shape index (κ1) is 17.3. The van der Waals surface area contributed by atoms with Gasteiger partial charge in [-0.05, 0) is 55.3 Å². The summed E-state index contributed by atoms with van der Waals surface area (Å²) in [6, 6.07) is 11.8. The van der Waals surface area contributed by atoms with Crippen LogP contribution in [0.2, 0.25) is 0 Å². The fourth-order valence-corrected chi connectivity index (χ4v) is 3.37. The summed E-state index contributed by atoms with van der Waals surface area (Å²) in [5.41, 5.74) is 2.43. The lowest BCUT2D eigenvalue weighted by molar-refractivity contribution is 0.0793. The number of amides is 1. The fourth-order valence-electron chi connectivity index (χ4n) is 3.37. The second-order valence-electron chi connectivity index (χ2n) is 6.56. The molecule has 1 aliphatic heterocycles. The molecule has 6 heteroatoms. The van der Waals surface area contributed by atoms with Gasteiger partial charge in [0.15, 0.2) is 0 Å². The van der Waals surface area contributed by atoms with Crippen LogP contribution in [0.3, 0.4) is 0 Å². The van der Waals surface area contributed by atoms with Crippen LogP contribution in [0.15, 0.2) is 48.7 Å². The Morgan fingerprint density at radius 2 is 1.89 bits per heavy atom.